The van der Waals surface area contributed by atoms with Crippen molar-refractivity contribution >= 4 is 65.7 Å². The van der Waals surface area contributed by atoms with Gasteiger partial charge in [0.15, 0.2) is 0 Å². The van der Waals surface area contributed by atoms with Crippen molar-refractivity contribution in [1.82, 2.24) is 9.97 Å². The standard InChI is InChI=1S/C42H24N2O2/c1-3-14-31-25(8-1)18-20-36-38(31)34-17-7-16-33(41(34)45-36)29-12-5-10-27(22-29)28-11-6-13-30(23-28)35-24-43-42-40(44-35)39-32-15-4-2-9-26(32)19-21-37(39)46-42/h1-24H. The lowest BCUT2D eigenvalue weighted by atomic mass is 9.96. The van der Waals surface area contributed by atoms with E-state index in [4.69, 9.17) is 13.8 Å². The Morgan fingerprint density at radius 3 is 1.85 bits per heavy atom. The van der Waals surface area contributed by atoms with E-state index in [0.29, 0.717) is 5.71 Å². The predicted molar refractivity (Wildman–Crippen MR) is 188 cm³/mol. The topological polar surface area (TPSA) is 52.1 Å². The second-order valence-electron chi connectivity index (χ2n) is 11.8. The highest BCUT2D eigenvalue weighted by atomic mass is 16.3. The van der Waals surface area contributed by atoms with E-state index >= 15 is 0 Å². The van der Waals surface area contributed by atoms with Crippen LogP contribution in [0.1, 0.15) is 0 Å². The SMILES string of the molecule is c1cc(-c2cccc(-c3cccc4c3oc3ccc5ccccc5c34)c2)cc(-c2cnc3oc4ccc5ccccc5c4c3n2)c1. The van der Waals surface area contributed by atoms with Gasteiger partial charge in [-0.1, -0.05) is 115 Å². The second-order valence-corrected chi connectivity index (χ2v) is 11.8. The molecule has 0 saturated heterocycles. The van der Waals surface area contributed by atoms with Crippen LogP contribution in [0.5, 0.6) is 0 Å². The lowest BCUT2D eigenvalue weighted by Crippen LogP contribution is -1.88. The van der Waals surface area contributed by atoms with E-state index in [1.165, 1.54) is 10.8 Å². The van der Waals surface area contributed by atoms with Crippen LogP contribution in [0.15, 0.2) is 155 Å². The van der Waals surface area contributed by atoms with Crippen molar-refractivity contribution in [2.75, 3.05) is 0 Å². The highest BCUT2D eigenvalue weighted by Gasteiger charge is 2.16. The van der Waals surface area contributed by atoms with E-state index in [1.54, 1.807) is 6.20 Å². The monoisotopic (exact) mass is 588 g/mol. The van der Waals surface area contributed by atoms with Crippen LogP contribution in [-0.4, -0.2) is 9.97 Å². The molecule has 214 valence electrons. The molecule has 4 nitrogen and oxygen atoms in total. The minimum absolute atomic E-state index is 0.548. The van der Waals surface area contributed by atoms with Gasteiger partial charge in [-0.05, 0) is 62.5 Å². The number of nitrogens with zero attached hydrogens (tertiary/aromatic N) is 2. The molecule has 0 atom stereocenters. The van der Waals surface area contributed by atoms with Crippen LogP contribution in [0.2, 0.25) is 0 Å². The first-order chi connectivity index (χ1) is 22.8. The molecule has 3 heterocycles. The minimum Gasteiger partial charge on any atom is -0.455 e. The number of benzene rings is 7. The number of fused-ring (bicyclic) bond motifs is 10. The average Bonchev–Trinajstić information content (AvgIpc) is 3.70. The molecule has 0 amide bonds. The average molecular weight is 589 g/mol. The Bertz CT molecular complexity index is 2820. The molecule has 3 aromatic heterocycles. The molecule has 0 fully saturated rings. The third kappa shape index (κ3) is 3.74. The van der Waals surface area contributed by atoms with Gasteiger partial charge in [0.25, 0.3) is 0 Å². The molecular weight excluding hydrogens is 564 g/mol. The molecule has 0 radical (unpaired) electrons. The number of hydrogen-bond donors (Lipinski definition) is 0. The molecule has 46 heavy (non-hydrogen) atoms. The number of rotatable bonds is 3. The van der Waals surface area contributed by atoms with Crippen molar-refractivity contribution < 1.29 is 8.83 Å². The maximum atomic E-state index is 6.53. The molecule has 0 aliphatic carbocycles. The maximum absolute atomic E-state index is 6.53. The summed E-state index contributed by atoms with van der Waals surface area (Å²) in [4.78, 5) is 9.78. The molecule has 0 aliphatic rings. The van der Waals surface area contributed by atoms with Gasteiger partial charge in [-0.3, -0.25) is 0 Å². The highest BCUT2D eigenvalue weighted by molar-refractivity contribution is 6.21. The summed E-state index contributed by atoms with van der Waals surface area (Å²) in [6, 6.07) is 48.7. The van der Waals surface area contributed by atoms with Crippen molar-refractivity contribution in [3.63, 3.8) is 0 Å². The Kier molecular flexibility index (Phi) is 5.25. The van der Waals surface area contributed by atoms with Crippen molar-refractivity contribution in [3.05, 3.63) is 146 Å². The zero-order chi connectivity index (χ0) is 30.2. The summed E-state index contributed by atoms with van der Waals surface area (Å²) in [6.45, 7) is 0. The molecule has 0 unspecified atom stereocenters. The van der Waals surface area contributed by atoms with Gasteiger partial charge >= 0.3 is 0 Å². The third-order valence-electron chi connectivity index (χ3n) is 9.13. The van der Waals surface area contributed by atoms with Crippen LogP contribution in [0.25, 0.3) is 99.2 Å². The van der Waals surface area contributed by atoms with E-state index in [0.717, 1.165) is 82.7 Å². The van der Waals surface area contributed by atoms with Crippen LogP contribution < -0.4 is 0 Å². The lowest BCUT2D eigenvalue weighted by Gasteiger charge is -2.09. The van der Waals surface area contributed by atoms with Gasteiger partial charge in [0.2, 0.25) is 5.71 Å². The molecule has 4 heteroatoms. The van der Waals surface area contributed by atoms with Crippen molar-refractivity contribution in [2.24, 2.45) is 0 Å². The Balaban J connectivity index is 1.08. The predicted octanol–water partition coefficient (Wildman–Crippen LogP) is 11.6. The molecule has 0 bridgehead atoms. The van der Waals surface area contributed by atoms with Gasteiger partial charge in [0, 0.05) is 21.9 Å². The van der Waals surface area contributed by atoms with Crippen LogP contribution in [0.3, 0.4) is 0 Å². The molecule has 0 spiro atoms. The first-order valence-electron chi connectivity index (χ1n) is 15.4. The molecule has 0 aliphatic heterocycles. The van der Waals surface area contributed by atoms with Crippen LogP contribution in [0, 0.1) is 0 Å². The van der Waals surface area contributed by atoms with Crippen molar-refractivity contribution in [3.8, 4) is 33.5 Å². The van der Waals surface area contributed by atoms with Gasteiger partial charge in [0.1, 0.15) is 22.3 Å². The van der Waals surface area contributed by atoms with Gasteiger partial charge in [-0.15, -0.1) is 0 Å². The first kappa shape index (κ1) is 25.1. The Morgan fingerprint density at radius 2 is 1.07 bits per heavy atom. The fourth-order valence-electron chi connectivity index (χ4n) is 6.96. The zero-order valence-corrected chi connectivity index (χ0v) is 24.6. The van der Waals surface area contributed by atoms with Crippen LogP contribution in [-0.2, 0) is 0 Å². The zero-order valence-electron chi connectivity index (χ0n) is 24.6. The molecule has 10 aromatic rings. The summed E-state index contributed by atoms with van der Waals surface area (Å²) >= 11 is 0. The first-order valence-corrected chi connectivity index (χ1v) is 15.4. The summed E-state index contributed by atoms with van der Waals surface area (Å²) < 4.78 is 12.6. The Hall–Kier alpha value is -6.26. The fourth-order valence-corrected chi connectivity index (χ4v) is 6.96. The van der Waals surface area contributed by atoms with Gasteiger partial charge < -0.3 is 8.83 Å². The van der Waals surface area contributed by atoms with E-state index in [-0.39, 0.29) is 0 Å². The van der Waals surface area contributed by atoms with E-state index in [2.05, 4.69) is 126 Å². The number of hydrogen-bond acceptors (Lipinski definition) is 4. The van der Waals surface area contributed by atoms with Crippen molar-refractivity contribution in [2.45, 2.75) is 0 Å². The van der Waals surface area contributed by atoms with E-state index in [1.807, 2.05) is 18.2 Å². The molecule has 7 aromatic carbocycles. The molecular formula is C42H24N2O2. The normalized spacial score (nSPS) is 11.9. The van der Waals surface area contributed by atoms with Crippen LogP contribution >= 0.6 is 0 Å². The second kappa shape index (κ2) is 9.62. The van der Waals surface area contributed by atoms with Gasteiger partial charge in [-0.25, -0.2) is 9.97 Å². The summed E-state index contributed by atoms with van der Waals surface area (Å²) in [7, 11) is 0. The van der Waals surface area contributed by atoms with Crippen molar-refractivity contribution in [1.29, 1.82) is 0 Å². The van der Waals surface area contributed by atoms with Crippen LogP contribution in [0.4, 0.5) is 0 Å². The number of aromatic nitrogens is 2. The largest absolute Gasteiger partial charge is 0.455 e. The number of furan rings is 2. The summed E-state index contributed by atoms with van der Waals surface area (Å²) in [5.74, 6) is 0. The lowest BCUT2D eigenvalue weighted by molar-refractivity contribution is 0.653. The summed E-state index contributed by atoms with van der Waals surface area (Å²) in [5, 5.41) is 7.98. The minimum atomic E-state index is 0.548. The smallest absolute Gasteiger partial charge is 0.246 e. The van der Waals surface area contributed by atoms with Gasteiger partial charge in [0.05, 0.1) is 17.3 Å². The third-order valence-corrected chi connectivity index (χ3v) is 9.13. The summed E-state index contributed by atoms with van der Waals surface area (Å²) in [5.41, 5.74) is 10.1. The van der Waals surface area contributed by atoms with E-state index in [9.17, 15) is 0 Å². The highest BCUT2D eigenvalue weighted by Crippen LogP contribution is 2.40. The van der Waals surface area contributed by atoms with Gasteiger partial charge in [-0.2, -0.15) is 0 Å². The molecule has 0 saturated carbocycles. The number of para-hydroxylation sites is 1. The maximum Gasteiger partial charge on any atom is 0.246 e. The Labute approximate surface area is 263 Å². The molecule has 10 rings (SSSR count). The summed E-state index contributed by atoms with van der Waals surface area (Å²) in [6.07, 6.45) is 1.80. The fraction of sp³-hybridized carbons (Fsp3) is 0. The Morgan fingerprint density at radius 1 is 0.457 bits per heavy atom. The van der Waals surface area contributed by atoms with E-state index < -0.39 is 0 Å². The quantitative estimate of drug-likeness (QED) is 0.206. The molecule has 0 N–H and O–H groups in total.